The van der Waals surface area contributed by atoms with Gasteiger partial charge in [-0.1, -0.05) is 48.0 Å². The van der Waals surface area contributed by atoms with Gasteiger partial charge in [-0.25, -0.2) is 0 Å². The first-order valence-electron chi connectivity index (χ1n) is 7.17. The average molecular weight is 281 g/mol. The normalized spacial score (nSPS) is 20.8. The van der Waals surface area contributed by atoms with E-state index in [0.717, 1.165) is 11.3 Å². The molecule has 2 aromatic carbocycles. The summed E-state index contributed by atoms with van der Waals surface area (Å²) < 4.78 is 4.94. The van der Waals surface area contributed by atoms with Gasteiger partial charge in [-0.05, 0) is 24.6 Å². The number of methoxy groups -OCH3 is 1. The van der Waals surface area contributed by atoms with Gasteiger partial charge in [-0.2, -0.15) is 0 Å². The number of aryl methyl sites for hydroxylation is 1. The van der Waals surface area contributed by atoms with Crippen molar-refractivity contribution in [3.63, 3.8) is 0 Å². The van der Waals surface area contributed by atoms with Gasteiger partial charge < -0.3 is 9.64 Å². The molecule has 108 valence electrons. The lowest BCUT2D eigenvalue weighted by Gasteiger charge is -2.48. The van der Waals surface area contributed by atoms with Crippen LogP contribution in [0.15, 0.2) is 54.6 Å². The molecule has 21 heavy (non-hydrogen) atoms. The van der Waals surface area contributed by atoms with Gasteiger partial charge in [0.05, 0.1) is 19.1 Å². The van der Waals surface area contributed by atoms with Crippen LogP contribution >= 0.6 is 0 Å². The van der Waals surface area contributed by atoms with Crippen LogP contribution in [-0.2, 0) is 9.53 Å². The van der Waals surface area contributed by atoms with Gasteiger partial charge >= 0.3 is 5.97 Å². The second-order valence-corrected chi connectivity index (χ2v) is 5.47. The number of hydrogen-bond donors (Lipinski definition) is 0. The van der Waals surface area contributed by atoms with Crippen molar-refractivity contribution in [3.05, 3.63) is 65.7 Å². The molecule has 0 N–H and O–H groups in total. The largest absolute Gasteiger partial charge is 0.469 e. The number of esters is 1. The molecule has 2 atom stereocenters. The molecule has 3 rings (SSSR count). The van der Waals surface area contributed by atoms with E-state index >= 15 is 0 Å². The molecule has 0 bridgehead atoms. The van der Waals surface area contributed by atoms with Crippen molar-refractivity contribution >= 4 is 11.7 Å². The molecule has 0 aromatic heterocycles. The minimum Gasteiger partial charge on any atom is -0.469 e. The van der Waals surface area contributed by atoms with Gasteiger partial charge in [-0.3, -0.25) is 4.79 Å². The van der Waals surface area contributed by atoms with E-state index in [2.05, 4.69) is 48.2 Å². The van der Waals surface area contributed by atoms with Crippen molar-refractivity contribution < 1.29 is 9.53 Å². The zero-order valence-electron chi connectivity index (χ0n) is 12.3. The van der Waals surface area contributed by atoms with Gasteiger partial charge in [0.15, 0.2) is 0 Å². The first-order valence-corrected chi connectivity index (χ1v) is 7.17. The molecule has 0 radical (unpaired) electrons. The minimum atomic E-state index is -0.132. The summed E-state index contributed by atoms with van der Waals surface area (Å²) in [5.41, 5.74) is 3.54. The Bertz CT molecular complexity index is 621. The molecule has 0 saturated carbocycles. The molecule has 0 unspecified atom stereocenters. The topological polar surface area (TPSA) is 29.5 Å². The monoisotopic (exact) mass is 281 g/mol. The highest BCUT2D eigenvalue weighted by Crippen LogP contribution is 2.42. The molecule has 3 heteroatoms. The molecular weight excluding hydrogens is 262 g/mol. The fraction of sp³-hybridized carbons (Fsp3) is 0.278. The van der Waals surface area contributed by atoms with Crippen molar-refractivity contribution in [1.82, 2.24) is 0 Å². The predicted molar refractivity (Wildman–Crippen MR) is 83.2 cm³/mol. The fourth-order valence-corrected chi connectivity index (χ4v) is 2.92. The lowest BCUT2D eigenvalue weighted by molar-refractivity contribution is -0.148. The highest BCUT2D eigenvalue weighted by atomic mass is 16.5. The van der Waals surface area contributed by atoms with Crippen molar-refractivity contribution in [2.75, 3.05) is 18.6 Å². The molecule has 1 aliphatic heterocycles. The molecule has 0 spiro atoms. The van der Waals surface area contributed by atoms with Crippen LogP contribution in [0.25, 0.3) is 0 Å². The zero-order valence-corrected chi connectivity index (χ0v) is 12.3. The van der Waals surface area contributed by atoms with E-state index in [1.807, 2.05) is 18.2 Å². The summed E-state index contributed by atoms with van der Waals surface area (Å²) in [5, 5.41) is 0. The van der Waals surface area contributed by atoms with E-state index in [-0.39, 0.29) is 17.9 Å². The average Bonchev–Trinajstić information content (AvgIpc) is 2.49. The van der Waals surface area contributed by atoms with Gasteiger partial charge in [0.1, 0.15) is 0 Å². The van der Waals surface area contributed by atoms with Crippen LogP contribution in [0.2, 0.25) is 0 Å². The van der Waals surface area contributed by atoms with Crippen molar-refractivity contribution in [1.29, 1.82) is 0 Å². The summed E-state index contributed by atoms with van der Waals surface area (Å²) in [4.78, 5) is 14.2. The quantitative estimate of drug-likeness (QED) is 0.808. The number of ether oxygens (including phenoxy) is 1. The molecule has 0 aliphatic carbocycles. The molecular formula is C18H19NO2. The number of hydrogen-bond acceptors (Lipinski definition) is 3. The lowest BCUT2D eigenvalue weighted by Crippen LogP contribution is -2.53. The van der Waals surface area contributed by atoms with Crippen LogP contribution in [0.3, 0.4) is 0 Å². The summed E-state index contributed by atoms with van der Waals surface area (Å²) in [7, 11) is 1.46. The standard InChI is InChI=1S/C18H19NO2/c1-13-8-10-15(11-9-13)19-12-16(18(20)21-2)17(19)14-6-4-3-5-7-14/h3-11,16-17H,12H2,1-2H3/t16-,17+/m1/s1. The first-order chi connectivity index (χ1) is 10.2. The first kappa shape index (κ1) is 13.7. The van der Waals surface area contributed by atoms with Gasteiger partial charge in [0, 0.05) is 12.2 Å². The number of benzene rings is 2. The Morgan fingerprint density at radius 2 is 1.76 bits per heavy atom. The van der Waals surface area contributed by atoms with E-state index in [0.29, 0.717) is 6.54 Å². The van der Waals surface area contributed by atoms with E-state index < -0.39 is 0 Å². The van der Waals surface area contributed by atoms with Crippen LogP contribution < -0.4 is 4.90 Å². The molecule has 1 fully saturated rings. The Labute approximate surface area is 125 Å². The van der Waals surface area contributed by atoms with E-state index in [1.54, 1.807) is 0 Å². The zero-order chi connectivity index (χ0) is 14.8. The summed E-state index contributed by atoms with van der Waals surface area (Å²) in [6.07, 6.45) is 0. The van der Waals surface area contributed by atoms with Gasteiger partial charge in [-0.15, -0.1) is 0 Å². The van der Waals surface area contributed by atoms with E-state index in [4.69, 9.17) is 4.74 Å². The maximum atomic E-state index is 12.0. The van der Waals surface area contributed by atoms with Crippen LogP contribution in [0, 0.1) is 12.8 Å². The Morgan fingerprint density at radius 3 is 2.38 bits per heavy atom. The third kappa shape index (κ3) is 2.51. The highest BCUT2D eigenvalue weighted by molar-refractivity contribution is 5.78. The second-order valence-electron chi connectivity index (χ2n) is 5.47. The van der Waals surface area contributed by atoms with Crippen LogP contribution in [-0.4, -0.2) is 19.6 Å². The Balaban J connectivity index is 1.91. The number of carbonyl (C=O) groups excluding carboxylic acids is 1. The van der Waals surface area contributed by atoms with E-state index in [9.17, 15) is 4.79 Å². The molecule has 2 aromatic rings. The Morgan fingerprint density at radius 1 is 1.10 bits per heavy atom. The fourth-order valence-electron chi connectivity index (χ4n) is 2.92. The maximum absolute atomic E-state index is 12.0. The summed E-state index contributed by atoms with van der Waals surface area (Å²) >= 11 is 0. The summed E-state index contributed by atoms with van der Waals surface area (Å²) in [5.74, 6) is -0.231. The Hall–Kier alpha value is -2.29. The molecule has 0 amide bonds. The predicted octanol–water partition coefficient (Wildman–Crippen LogP) is 3.35. The van der Waals surface area contributed by atoms with Crippen molar-refractivity contribution in [2.24, 2.45) is 5.92 Å². The second kappa shape index (κ2) is 5.60. The molecule has 3 nitrogen and oxygen atoms in total. The van der Waals surface area contributed by atoms with Gasteiger partial charge in [0.2, 0.25) is 0 Å². The SMILES string of the molecule is COC(=O)[C@@H]1CN(c2ccc(C)cc2)[C@H]1c1ccccc1. The van der Waals surface area contributed by atoms with Crippen molar-refractivity contribution in [2.45, 2.75) is 13.0 Å². The molecule has 1 heterocycles. The van der Waals surface area contributed by atoms with Crippen LogP contribution in [0.4, 0.5) is 5.69 Å². The van der Waals surface area contributed by atoms with Gasteiger partial charge in [0.25, 0.3) is 0 Å². The van der Waals surface area contributed by atoms with Crippen LogP contribution in [0.1, 0.15) is 17.2 Å². The highest BCUT2D eigenvalue weighted by Gasteiger charge is 2.45. The van der Waals surface area contributed by atoms with Crippen LogP contribution in [0.5, 0.6) is 0 Å². The van der Waals surface area contributed by atoms with Crippen molar-refractivity contribution in [3.8, 4) is 0 Å². The summed E-state index contributed by atoms with van der Waals surface area (Å²) in [6, 6.07) is 18.6. The molecule has 1 aliphatic rings. The number of rotatable bonds is 3. The third-order valence-corrected chi connectivity index (χ3v) is 4.12. The molecule has 1 saturated heterocycles. The number of carbonyl (C=O) groups is 1. The lowest BCUT2D eigenvalue weighted by atomic mass is 9.82. The van der Waals surface area contributed by atoms with E-state index in [1.165, 1.54) is 12.7 Å². The maximum Gasteiger partial charge on any atom is 0.312 e. The summed E-state index contributed by atoms with van der Waals surface area (Å²) in [6.45, 7) is 2.78. The number of nitrogens with zero attached hydrogens (tertiary/aromatic N) is 1. The third-order valence-electron chi connectivity index (χ3n) is 4.12. The number of anilines is 1. The minimum absolute atomic E-state index is 0.0568. The Kier molecular flexibility index (Phi) is 3.65. The smallest absolute Gasteiger partial charge is 0.312 e.